The molecule has 140 valence electrons. The SMILES string of the molecule is COc1ccccc1CN1CC[C@@]2(C1)C(=O)N(CC(N)=O)c1ccccc12. The van der Waals surface area contributed by atoms with Crippen LogP contribution < -0.4 is 15.4 Å². The molecule has 1 atom stereocenters. The molecule has 0 aromatic heterocycles. The molecule has 2 aliphatic heterocycles. The summed E-state index contributed by atoms with van der Waals surface area (Å²) in [6, 6.07) is 15.7. The molecule has 1 saturated heterocycles. The lowest BCUT2D eigenvalue weighted by Crippen LogP contribution is -2.45. The molecule has 4 rings (SSSR count). The number of anilines is 1. The van der Waals surface area contributed by atoms with Crippen LogP contribution in [-0.2, 0) is 21.5 Å². The summed E-state index contributed by atoms with van der Waals surface area (Å²) in [5.74, 6) is 0.330. The molecule has 1 fully saturated rings. The van der Waals surface area contributed by atoms with Gasteiger partial charge in [-0.1, -0.05) is 36.4 Å². The van der Waals surface area contributed by atoms with Crippen molar-refractivity contribution in [2.75, 3.05) is 31.6 Å². The molecule has 0 aliphatic carbocycles. The van der Waals surface area contributed by atoms with Crippen LogP contribution in [0.3, 0.4) is 0 Å². The number of hydrogen-bond acceptors (Lipinski definition) is 4. The largest absolute Gasteiger partial charge is 0.496 e. The van der Waals surface area contributed by atoms with Crippen LogP contribution in [0.5, 0.6) is 5.75 Å². The minimum Gasteiger partial charge on any atom is -0.496 e. The number of nitrogens with zero attached hydrogens (tertiary/aromatic N) is 2. The summed E-state index contributed by atoms with van der Waals surface area (Å²) in [6.45, 7) is 2.07. The molecule has 6 nitrogen and oxygen atoms in total. The molecule has 0 bridgehead atoms. The number of nitrogens with two attached hydrogens (primary N) is 1. The maximum absolute atomic E-state index is 13.3. The van der Waals surface area contributed by atoms with Crippen molar-refractivity contribution in [1.29, 1.82) is 0 Å². The third-order valence-corrected chi connectivity index (χ3v) is 5.61. The third-order valence-electron chi connectivity index (χ3n) is 5.61. The zero-order chi connectivity index (χ0) is 19.0. The highest BCUT2D eigenvalue weighted by atomic mass is 16.5. The van der Waals surface area contributed by atoms with E-state index in [1.807, 2.05) is 48.5 Å². The maximum atomic E-state index is 13.3. The van der Waals surface area contributed by atoms with Gasteiger partial charge >= 0.3 is 0 Å². The summed E-state index contributed by atoms with van der Waals surface area (Å²) < 4.78 is 5.46. The van der Waals surface area contributed by atoms with Gasteiger partial charge < -0.3 is 15.4 Å². The Kier molecular flexibility index (Phi) is 4.36. The summed E-state index contributed by atoms with van der Waals surface area (Å²) in [5, 5.41) is 0. The number of para-hydroxylation sites is 2. The van der Waals surface area contributed by atoms with Crippen LogP contribution >= 0.6 is 0 Å². The number of carbonyl (C=O) groups excluding carboxylic acids is 2. The normalized spacial score (nSPS) is 21.7. The monoisotopic (exact) mass is 365 g/mol. The van der Waals surface area contributed by atoms with Crippen LogP contribution in [0.1, 0.15) is 17.5 Å². The van der Waals surface area contributed by atoms with E-state index in [1.165, 1.54) is 0 Å². The molecule has 6 heteroatoms. The first kappa shape index (κ1) is 17.5. The van der Waals surface area contributed by atoms with Crippen molar-refractivity contribution >= 4 is 17.5 Å². The Balaban J connectivity index is 1.63. The van der Waals surface area contributed by atoms with Gasteiger partial charge in [0.05, 0.1) is 12.5 Å². The predicted molar refractivity (Wildman–Crippen MR) is 103 cm³/mol. The van der Waals surface area contributed by atoms with Gasteiger partial charge in [0.15, 0.2) is 0 Å². The number of methoxy groups -OCH3 is 1. The molecular formula is C21H23N3O3. The summed E-state index contributed by atoms with van der Waals surface area (Å²) >= 11 is 0. The lowest BCUT2D eigenvalue weighted by molar-refractivity contribution is -0.125. The standard InChI is InChI=1S/C21H23N3O3/c1-27-18-9-5-2-6-15(18)12-23-11-10-21(14-23)16-7-3-4-8-17(16)24(20(21)26)13-19(22)25/h2-9H,10-14H2,1H3,(H2,22,25)/t21-/m0/s1. The van der Waals surface area contributed by atoms with E-state index in [0.29, 0.717) is 6.54 Å². The van der Waals surface area contributed by atoms with Crippen molar-refractivity contribution in [2.24, 2.45) is 5.73 Å². The van der Waals surface area contributed by atoms with Crippen LogP contribution in [0.15, 0.2) is 48.5 Å². The Labute approximate surface area is 158 Å². The van der Waals surface area contributed by atoms with E-state index in [-0.39, 0.29) is 12.5 Å². The number of rotatable bonds is 5. The van der Waals surface area contributed by atoms with E-state index in [0.717, 1.165) is 42.1 Å². The number of primary amides is 1. The van der Waals surface area contributed by atoms with Crippen LogP contribution in [-0.4, -0.2) is 43.5 Å². The lowest BCUT2D eigenvalue weighted by atomic mass is 9.81. The van der Waals surface area contributed by atoms with E-state index in [2.05, 4.69) is 4.90 Å². The van der Waals surface area contributed by atoms with E-state index in [4.69, 9.17) is 10.5 Å². The second-order valence-electron chi connectivity index (χ2n) is 7.23. The number of likely N-dealkylation sites (tertiary alicyclic amines) is 1. The van der Waals surface area contributed by atoms with Gasteiger partial charge in [-0.3, -0.25) is 14.5 Å². The number of ether oxygens (including phenoxy) is 1. The highest BCUT2D eigenvalue weighted by Crippen LogP contribution is 2.47. The molecule has 2 aliphatic rings. The second-order valence-corrected chi connectivity index (χ2v) is 7.23. The van der Waals surface area contributed by atoms with E-state index in [9.17, 15) is 9.59 Å². The maximum Gasteiger partial charge on any atom is 0.239 e. The van der Waals surface area contributed by atoms with Gasteiger partial charge in [-0.25, -0.2) is 0 Å². The predicted octanol–water partition coefficient (Wildman–Crippen LogP) is 1.67. The summed E-state index contributed by atoms with van der Waals surface area (Å²) in [7, 11) is 1.67. The number of benzene rings is 2. The first-order valence-corrected chi connectivity index (χ1v) is 9.09. The highest BCUT2D eigenvalue weighted by Gasteiger charge is 2.54. The van der Waals surface area contributed by atoms with E-state index < -0.39 is 11.3 Å². The molecule has 0 unspecified atom stereocenters. The molecule has 0 radical (unpaired) electrons. The van der Waals surface area contributed by atoms with E-state index >= 15 is 0 Å². The highest BCUT2D eigenvalue weighted by molar-refractivity contribution is 6.11. The fourth-order valence-electron chi connectivity index (χ4n) is 4.40. The Morgan fingerprint density at radius 3 is 2.70 bits per heavy atom. The minimum atomic E-state index is -0.603. The lowest BCUT2D eigenvalue weighted by Gasteiger charge is -2.24. The minimum absolute atomic E-state index is 0.0231. The quantitative estimate of drug-likeness (QED) is 0.875. The smallest absolute Gasteiger partial charge is 0.239 e. The van der Waals surface area contributed by atoms with Crippen LogP contribution in [0, 0.1) is 0 Å². The summed E-state index contributed by atoms with van der Waals surface area (Å²) in [5.41, 5.74) is 7.69. The molecule has 1 spiro atoms. The van der Waals surface area contributed by atoms with Crippen molar-refractivity contribution in [3.05, 3.63) is 59.7 Å². The Hall–Kier alpha value is -2.86. The molecule has 2 amide bonds. The van der Waals surface area contributed by atoms with Gasteiger partial charge in [0, 0.05) is 24.3 Å². The zero-order valence-corrected chi connectivity index (χ0v) is 15.4. The van der Waals surface area contributed by atoms with Crippen LogP contribution in [0.2, 0.25) is 0 Å². The summed E-state index contributed by atoms with van der Waals surface area (Å²) in [6.07, 6.45) is 0.729. The molecular weight excluding hydrogens is 342 g/mol. The van der Waals surface area contributed by atoms with Gasteiger partial charge in [0.1, 0.15) is 12.3 Å². The Morgan fingerprint density at radius 1 is 1.19 bits per heavy atom. The molecule has 2 aromatic rings. The van der Waals surface area contributed by atoms with Gasteiger partial charge in [-0.2, -0.15) is 0 Å². The van der Waals surface area contributed by atoms with Crippen LogP contribution in [0.25, 0.3) is 0 Å². The van der Waals surface area contributed by atoms with Gasteiger partial charge in [0.2, 0.25) is 11.8 Å². The molecule has 2 aromatic carbocycles. The molecule has 27 heavy (non-hydrogen) atoms. The number of carbonyl (C=O) groups is 2. The molecule has 2 heterocycles. The van der Waals surface area contributed by atoms with Crippen molar-refractivity contribution in [2.45, 2.75) is 18.4 Å². The first-order chi connectivity index (χ1) is 13.0. The first-order valence-electron chi connectivity index (χ1n) is 9.09. The topological polar surface area (TPSA) is 75.9 Å². The van der Waals surface area contributed by atoms with Gasteiger partial charge in [-0.05, 0) is 30.7 Å². The fourth-order valence-corrected chi connectivity index (χ4v) is 4.40. The Bertz CT molecular complexity index is 898. The van der Waals surface area contributed by atoms with Crippen molar-refractivity contribution in [1.82, 2.24) is 4.90 Å². The number of fused-ring (bicyclic) bond motifs is 2. The van der Waals surface area contributed by atoms with E-state index in [1.54, 1.807) is 12.0 Å². The average molecular weight is 365 g/mol. The summed E-state index contributed by atoms with van der Waals surface area (Å²) in [4.78, 5) is 28.6. The van der Waals surface area contributed by atoms with Gasteiger partial charge in [-0.15, -0.1) is 0 Å². The van der Waals surface area contributed by atoms with Crippen molar-refractivity contribution < 1.29 is 14.3 Å². The fraction of sp³-hybridized carbons (Fsp3) is 0.333. The Morgan fingerprint density at radius 2 is 1.93 bits per heavy atom. The number of amides is 2. The molecule has 2 N–H and O–H groups in total. The third kappa shape index (κ3) is 2.86. The van der Waals surface area contributed by atoms with Crippen LogP contribution in [0.4, 0.5) is 5.69 Å². The van der Waals surface area contributed by atoms with Crippen molar-refractivity contribution in [3.63, 3.8) is 0 Å². The van der Waals surface area contributed by atoms with Gasteiger partial charge in [0.25, 0.3) is 0 Å². The zero-order valence-electron chi connectivity index (χ0n) is 15.4. The molecule has 0 saturated carbocycles. The second kappa shape index (κ2) is 6.70. The van der Waals surface area contributed by atoms with Crippen molar-refractivity contribution in [3.8, 4) is 5.75 Å². The number of hydrogen-bond donors (Lipinski definition) is 1. The average Bonchev–Trinajstić information content (AvgIpc) is 3.19.